The normalized spacial score (nSPS) is 12.8. The van der Waals surface area contributed by atoms with Gasteiger partial charge in [-0.3, -0.25) is 9.67 Å². The number of aromatic nitrogens is 3. The molecule has 0 radical (unpaired) electrons. The highest BCUT2D eigenvalue weighted by Gasteiger charge is 2.17. The minimum absolute atomic E-state index is 0.134. The van der Waals surface area contributed by atoms with E-state index < -0.39 is 0 Å². The van der Waals surface area contributed by atoms with E-state index in [2.05, 4.69) is 46.6 Å². The number of nitrogens with one attached hydrogen (secondary N) is 1. The summed E-state index contributed by atoms with van der Waals surface area (Å²) in [7, 11) is 3.94. The van der Waals surface area contributed by atoms with E-state index in [4.69, 9.17) is 0 Å². The summed E-state index contributed by atoms with van der Waals surface area (Å²) in [6.07, 6.45) is 3.76. The van der Waals surface area contributed by atoms with Gasteiger partial charge in [0.15, 0.2) is 0 Å². The molecule has 0 aliphatic carbocycles. The van der Waals surface area contributed by atoms with Crippen LogP contribution < -0.4 is 5.32 Å². The fraction of sp³-hybridized carbons (Fsp3) is 0.250. The molecule has 1 aromatic carbocycles. The quantitative estimate of drug-likeness (QED) is 0.792. The molecule has 102 valence electrons. The van der Waals surface area contributed by atoms with Gasteiger partial charge in [0.2, 0.25) is 0 Å². The summed E-state index contributed by atoms with van der Waals surface area (Å²) in [6, 6.07) is 10.6. The van der Waals surface area contributed by atoms with Gasteiger partial charge in [0.05, 0.1) is 17.8 Å². The number of hydrogen-bond acceptors (Lipinski definition) is 3. The van der Waals surface area contributed by atoms with Gasteiger partial charge in [-0.05, 0) is 31.7 Å². The number of aryl methyl sites for hydroxylation is 1. The zero-order chi connectivity index (χ0) is 14.1. The Morgan fingerprint density at radius 3 is 2.80 bits per heavy atom. The summed E-state index contributed by atoms with van der Waals surface area (Å²) in [5.74, 6) is 0. The van der Waals surface area contributed by atoms with E-state index in [1.165, 1.54) is 16.8 Å². The number of nitrogens with zero attached hydrogens (tertiary/aromatic N) is 3. The van der Waals surface area contributed by atoms with Crippen molar-refractivity contribution in [2.75, 3.05) is 7.05 Å². The smallest absolute Gasteiger partial charge is 0.0705 e. The van der Waals surface area contributed by atoms with Crippen molar-refractivity contribution in [3.63, 3.8) is 0 Å². The topological polar surface area (TPSA) is 42.7 Å². The molecule has 1 atom stereocenters. The van der Waals surface area contributed by atoms with Crippen molar-refractivity contribution in [2.45, 2.75) is 13.0 Å². The molecular formula is C16H18N4. The molecule has 1 unspecified atom stereocenters. The molecule has 0 saturated heterocycles. The maximum absolute atomic E-state index is 4.43. The molecule has 1 N–H and O–H groups in total. The second kappa shape index (κ2) is 5.06. The molecule has 4 nitrogen and oxygen atoms in total. The van der Waals surface area contributed by atoms with Crippen molar-refractivity contribution >= 4 is 10.9 Å². The minimum atomic E-state index is 0.134. The molecule has 3 aromatic rings. The molecule has 2 aromatic heterocycles. The van der Waals surface area contributed by atoms with E-state index in [1.807, 2.05) is 37.2 Å². The van der Waals surface area contributed by atoms with Crippen LogP contribution in [0, 0.1) is 6.92 Å². The first-order chi connectivity index (χ1) is 9.70. The van der Waals surface area contributed by atoms with Gasteiger partial charge in [-0.15, -0.1) is 0 Å². The molecule has 2 heterocycles. The zero-order valence-electron chi connectivity index (χ0n) is 12.0. The maximum Gasteiger partial charge on any atom is 0.0705 e. The van der Waals surface area contributed by atoms with Crippen molar-refractivity contribution in [3.8, 4) is 0 Å². The Morgan fingerprint density at radius 1 is 1.25 bits per heavy atom. The second-order valence-corrected chi connectivity index (χ2v) is 4.99. The second-order valence-electron chi connectivity index (χ2n) is 4.99. The zero-order valence-corrected chi connectivity index (χ0v) is 12.0. The highest BCUT2D eigenvalue weighted by Crippen LogP contribution is 2.26. The van der Waals surface area contributed by atoms with Gasteiger partial charge in [-0.25, -0.2) is 0 Å². The van der Waals surface area contributed by atoms with E-state index >= 15 is 0 Å². The van der Waals surface area contributed by atoms with Crippen LogP contribution in [0.2, 0.25) is 0 Å². The number of benzene rings is 1. The van der Waals surface area contributed by atoms with Crippen molar-refractivity contribution in [3.05, 3.63) is 59.5 Å². The average Bonchev–Trinajstić information content (AvgIpc) is 2.80. The fourth-order valence-electron chi connectivity index (χ4n) is 2.56. The molecule has 3 rings (SSSR count). The number of hydrogen-bond donors (Lipinski definition) is 1. The number of fused-ring (bicyclic) bond motifs is 1. The first-order valence-corrected chi connectivity index (χ1v) is 6.71. The van der Waals surface area contributed by atoms with Crippen LogP contribution in [-0.4, -0.2) is 21.8 Å². The summed E-state index contributed by atoms with van der Waals surface area (Å²) in [4.78, 5) is 4.43. The van der Waals surface area contributed by atoms with E-state index in [0.29, 0.717) is 0 Å². The Hall–Kier alpha value is -2.20. The summed E-state index contributed by atoms with van der Waals surface area (Å²) >= 11 is 0. The predicted octanol–water partition coefficient (Wildman–Crippen LogP) is 2.59. The van der Waals surface area contributed by atoms with Gasteiger partial charge in [0.1, 0.15) is 0 Å². The van der Waals surface area contributed by atoms with Gasteiger partial charge < -0.3 is 5.32 Å². The van der Waals surface area contributed by atoms with Crippen LogP contribution in [0.3, 0.4) is 0 Å². The number of pyridine rings is 1. The van der Waals surface area contributed by atoms with E-state index in [0.717, 1.165) is 10.9 Å². The third kappa shape index (κ3) is 2.08. The molecule has 0 amide bonds. The first-order valence-electron chi connectivity index (χ1n) is 6.71. The lowest BCUT2D eigenvalue weighted by molar-refractivity contribution is 0.680. The van der Waals surface area contributed by atoms with Gasteiger partial charge in [-0.1, -0.05) is 18.2 Å². The molecule has 0 aliphatic heterocycles. The summed E-state index contributed by atoms with van der Waals surface area (Å²) in [5, 5.41) is 8.87. The predicted molar refractivity (Wildman–Crippen MR) is 80.6 cm³/mol. The Kier molecular flexibility index (Phi) is 3.24. The van der Waals surface area contributed by atoms with E-state index in [9.17, 15) is 0 Å². The summed E-state index contributed by atoms with van der Waals surface area (Å²) in [5.41, 5.74) is 4.59. The van der Waals surface area contributed by atoms with E-state index in [1.54, 1.807) is 0 Å². The molecule has 0 bridgehead atoms. The van der Waals surface area contributed by atoms with Crippen molar-refractivity contribution in [1.29, 1.82) is 0 Å². The van der Waals surface area contributed by atoms with Gasteiger partial charge in [0, 0.05) is 29.9 Å². The molecule has 0 aliphatic rings. The third-order valence-electron chi connectivity index (χ3n) is 3.84. The van der Waals surface area contributed by atoms with Crippen molar-refractivity contribution in [2.24, 2.45) is 7.05 Å². The average molecular weight is 266 g/mol. The van der Waals surface area contributed by atoms with Crippen LogP contribution in [0.1, 0.15) is 22.9 Å². The monoisotopic (exact) mass is 266 g/mol. The lowest BCUT2D eigenvalue weighted by Gasteiger charge is -2.17. The Bertz CT molecular complexity index is 745. The molecular weight excluding hydrogens is 248 g/mol. The van der Waals surface area contributed by atoms with Crippen molar-refractivity contribution < 1.29 is 0 Å². The lowest BCUT2D eigenvalue weighted by Crippen LogP contribution is -2.18. The van der Waals surface area contributed by atoms with Gasteiger partial charge >= 0.3 is 0 Å². The Labute approximate surface area is 118 Å². The SMILES string of the molecule is CNC(c1ccc2cccnc2c1)c1cnn(C)c1C. The van der Waals surface area contributed by atoms with Crippen LogP contribution >= 0.6 is 0 Å². The van der Waals surface area contributed by atoms with Crippen LogP contribution in [0.15, 0.2) is 42.7 Å². The van der Waals surface area contributed by atoms with Crippen LogP contribution in [-0.2, 0) is 7.05 Å². The lowest BCUT2D eigenvalue weighted by atomic mass is 9.98. The summed E-state index contributed by atoms with van der Waals surface area (Å²) < 4.78 is 1.90. The summed E-state index contributed by atoms with van der Waals surface area (Å²) in [6.45, 7) is 2.09. The van der Waals surface area contributed by atoms with E-state index in [-0.39, 0.29) is 6.04 Å². The molecule has 20 heavy (non-hydrogen) atoms. The van der Waals surface area contributed by atoms with Crippen LogP contribution in [0.5, 0.6) is 0 Å². The van der Waals surface area contributed by atoms with Gasteiger partial charge in [-0.2, -0.15) is 5.10 Å². The number of rotatable bonds is 3. The first kappa shape index (κ1) is 12.8. The largest absolute Gasteiger partial charge is 0.309 e. The van der Waals surface area contributed by atoms with Crippen molar-refractivity contribution in [1.82, 2.24) is 20.1 Å². The highest BCUT2D eigenvalue weighted by atomic mass is 15.3. The fourth-order valence-corrected chi connectivity index (χ4v) is 2.56. The molecule has 0 saturated carbocycles. The van der Waals surface area contributed by atoms with Crippen LogP contribution in [0.4, 0.5) is 0 Å². The molecule has 4 heteroatoms. The standard InChI is InChI=1S/C16H18N4/c1-11-14(10-19-20(11)3)16(17-2)13-7-6-12-5-4-8-18-15(12)9-13/h4-10,16-17H,1-3H3. The minimum Gasteiger partial charge on any atom is -0.309 e. The Morgan fingerprint density at radius 2 is 2.10 bits per heavy atom. The van der Waals surface area contributed by atoms with Gasteiger partial charge in [0.25, 0.3) is 0 Å². The molecule has 0 spiro atoms. The maximum atomic E-state index is 4.43. The van der Waals surface area contributed by atoms with Crippen LogP contribution in [0.25, 0.3) is 10.9 Å². The third-order valence-corrected chi connectivity index (χ3v) is 3.84. The highest BCUT2D eigenvalue weighted by molar-refractivity contribution is 5.79. The Balaban J connectivity index is 2.09. The molecule has 0 fully saturated rings.